The van der Waals surface area contributed by atoms with Crippen molar-refractivity contribution in [2.75, 3.05) is 6.61 Å². The van der Waals surface area contributed by atoms with Crippen molar-refractivity contribution >= 4 is 16.9 Å². The lowest BCUT2D eigenvalue weighted by Crippen LogP contribution is -2.17. The fourth-order valence-electron chi connectivity index (χ4n) is 1.82. The highest BCUT2D eigenvalue weighted by molar-refractivity contribution is 5.95. The van der Waals surface area contributed by atoms with Crippen LogP contribution in [-0.4, -0.2) is 22.5 Å². The van der Waals surface area contributed by atoms with Gasteiger partial charge in [0.05, 0.1) is 23.4 Å². The van der Waals surface area contributed by atoms with Crippen LogP contribution >= 0.6 is 0 Å². The van der Waals surface area contributed by atoms with Gasteiger partial charge in [-0.2, -0.15) is 13.2 Å². The quantitative estimate of drug-likeness (QED) is 0.795. The smallest absolute Gasteiger partial charge is 0.434 e. The minimum atomic E-state index is -4.74. The molecule has 7 heteroatoms. The van der Waals surface area contributed by atoms with Gasteiger partial charge in [-0.15, -0.1) is 0 Å². The van der Waals surface area contributed by atoms with Crippen LogP contribution in [0.2, 0.25) is 0 Å². The first-order chi connectivity index (χ1) is 9.34. The van der Waals surface area contributed by atoms with Crippen molar-refractivity contribution in [1.82, 2.24) is 9.97 Å². The number of esters is 1. The number of alkyl halides is 3. The van der Waals surface area contributed by atoms with Crippen LogP contribution in [0.3, 0.4) is 0 Å². The number of pyridine rings is 2. The van der Waals surface area contributed by atoms with Crippen molar-refractivity contribution in [2.45, 2.75) is 20.0 Å². The summed E-state index contributed by atoms with van der Waals surface area (Å²) in [6.45, 7) is 3.07. The van der Waals surface area contributed by atoms with Crippen LogP contribution < -0.4 is 0 Å². The fraction of sp³-hybridized carbons (Fsp3) is 0.308. The van der Waals surface area contributed by atoms with Crippen molar-refractivity contribution in [3.63, 3.8) is 0 Å². The molecule has 0 bridgehead atoms. The van der Waals surface area contributed by atoms with E-state index in [4.69, 9.17) is 0 Å². The zero-order valence-corrected chi connectivity index (χ0v) is 10.8. The topological polar surface area (TPSA) is 52.1 Å². The molecular formula is C13H11F3N2O2. The number of aromatic nitrogens is 2. The first kappa shape index (κ1) is 14.2. The Kier molecular flexibility index (Phi) is 3.61. The summed E-state index contributed by atoms with van der Waals surface area (Å²) < 4.78 is 43.7. The van der Waals surface area contributed by atoms with Gasteiger partial charge in [0.15, 0.2) is 5.69 Å². The van der Waals surface area contributed by atoms with Crippen molar-refractivity contribution in [3.05, 3.63) is 35.3 Å². The van der Waals surface area contributed by atoms with Gasteiger partial charge in [-0.05, 0) is 26.0 Å². The molecular weight excluding hydrogens is 273 g/mol. The van der Waals surface area contributed by atoms with E-state index in [1.165, 1.54) is 19.2 Å². The maximum Gasteiger partial charge on any atom is 0.434 e. The number of hydrogen-bond donors (Lipinski definition) is 0. The van der Waals surface area contributed by atoms with E-state index in [1.54, 1.807) is 6.92 Å². The SMILES string of the molecule is CCOC(=O)c1cc2ccnc(C)c2nc1C(F)(F)F. The standard InChI is InChI=1S/C13H11F3N2O2/c1-3-20-12(19)9-6-8-4-5-17-7(2)10(8)18-11(9)13(14,15)16/h4-6H,3H2,1-2H3. The third kappa shape index (κ3) is 2.56. The Labute approximate surface area is 112 Å². The van der Waals surface area contributed by atoms with E-state index in [1.807, 2.05) is 0 Å². The molecule has 0 radical (unpaired) electrons. The molecule has 2 aromatic heterocycles. The summed E-state index contributed by atoms with van der Waals surface area (Å²) in [7, 11) is 0. The zero-order chi connectivity index (χ0) is 14.9. The number of aryl methyl sites for hydroxylation is 1. The number of halogens is 3. The molecule has 0 unspecified atom stereocenters. The lowest BCUT2D eigenvalue weighted by atomic mass is 10.1. The monoisotopic (exact) mass is 284 g/mol. The van der Waals surface area contributed by atoms with Crippen LogP contribution in [0, 0.1) is 6.92 Å². The summed E-state index contributed by atoms with van der Waals surface area (Å²) in [6, 6.07) is 2.63. The van der Waals surface area contributed by atoms with Gasteiger partial charge in [0.1, 0.15) is 0 Å². The summed E-state index contributed by atoms with van der Waals surface area (Å²) in [4.78, 5) is 19.1. The van der Waals surface area contributed by atoms with Gasteiger partial charge < -0.3 is 4.74 Å². The van der Waals surface area contributed by atoms with Crippen LogP contribution in [0.25, 0.3) is 10.9 Å². The molecule has 0 aliphatic carbocycles. The molecule has 0 fully saturated rings. The summed E-state index contributed by atoms with van der Waals surface area (Å²) >= 11 is 0. The highest BCUT2D eigenvalue weighted by Gasteiger charge is 2.38. The first-order valence-electron chi connectivity index (χ1n) is 5.85. The average Bonchev–Trinajstić information content (AvgIpc) is 2.37. The van der Waals surface area contributed by atoms with E-state index in [2.05, 4.69) is 14.7 Å². The molecule has 20 heavy (non-hydrogen) atoms. The summed E-state index contributed by atoms with van der Waals surface area (Å²) in [5.74, 6) is -1.04. The van der Waals surface area contributed by atoms with Crippen LogP contribution in [-0.2, 0) is 10.9 Å². The molecule has 2 heterocycles. The Morgan fingerprint density at radius 1 is 1.40 bits per heavy atom. The van der Waals surface area contributed by atoms with Crippen LogP contribution in [0.15, 0.2) is 18.3 Å². The van der Waals surface area contributed by atoms with Gasteiger partial charge in [-0.25, -0.2) is 9.78 Å². The molecule has 2 aromatic rings. The Bertz CT molecular complexity index is 668. The molecule has 4 nitrogen and oxygen atoms in total. The molecule has 0 saturated carbocycles. The van der Waals surface area contributed by atoms with E-state index >= 15 is 0 Å². The van der Waals surface area contributed by atoms with Crippen molar-refractivity contribution in [2.24, 2.45) is 0 Å². The molecule has 0 spiro atoms. The van der Waals surface area contributed by atoms with Gasteiger partial charge in [-0.3, -0.25) is 4.98 Å². The van der Waals surface area contributed by atoms with Gasteiger partial charge in [0.25, 0.3) is 0 Å². The highest BCUT2D eigenvalue weighted by Crippen LogP contribution is 2.33. The third-order valence-electron chi connectivity index (χ3n) is 2.68. The lowest BCUT2D eigenvalue weighted by Gasteiger charge is -2.13. The number of ether oxygens (including phenoxy) is 1. The summed E-state index contributed by atoms with van der Waals surface area (Å²) in [5.41, 5.74) is -1.35. The summed E-state index contributed by atoms with van der Waals surface area (Å²) in [5, 5.41) is 0.411. The molecule has 0 atom stereocenters. The second-order valence-corrected chi connectivity index (χ2v) is 4.07. The van der Waals surface area contributed by atoms with Crippen molar-refractivity contribution < 1.29 is 22.7 Å². The number of hydrogen-bond acceptors (Lipinski definition) is 4. The maximum atomic E-state index is 13.0. The average molecular weight is 284 g/mol. The van der Waals surface area contributed by atoms with Crippen molar-refractivity contribution in [1.29, 1.82) is 0 Å². The Hall–Kier alpha value is -2.18. The number of rotatable bonds is 2. The Balaban J connectivity index is 2.74. The van der Waals surface area contributed by atoms with Gasteiger partial charge in [0, 0.05) is 11.6 Å². The lowest BCUT2D eigenvalue weighted by molar-refractivity contribution is -0.141. The highest BCUT2D eigenvalue weighted by atomic mass is 19.4. The Morgan fingerprint density at radius 2 is 2.10 bits per heavy atom. The Morgan fingerprint density at radius 3 is 2.70 bits per heavy atom. The second-order valence-electron chi connectivity index (χ2n) is 4.07. The van der Waals surface area contributed by atoms with Crippen LogP contribution in [0.4, 0.5) is 13.2 Å². The largest absolute Gasteiger partial charge is 0.462 e. The molecule has 0 saturated heterocycles. The number of fused-ring (bicyclic) bond motifs is 1. The molecule has 0 aliphatic heterocycles. The molecule has 0 amide bonds. The number of nitrogens with zero attached hydrogens (tertiary/aromatic N) is 2. The first-order valence-corrected chi connectivity index (χ1v) is 5.85. The summed E-state index contributed by atoms with van der Waals surface area (Å²) in [6.07, 6.45) is -3.29. The second kappa shape index (κ2) is 5.07. The maximum absolute atomic E-state index is 13.0. The van der Waals surface area contributed by atoms with E-state index in [0.717, 1.165) is 6.07 Å². The molecule has 0 N–H and O–H groups in total. The van der Waals surface area contributed by atoms with Gasteiger partial charge >= 0.3 is 12.1 Å². The van der Waals surface area contributed by atoms with Crippen LogP contribution in [0.5, 0.6) is 0 Å². The molecule has 0 aliphatic rings. The zero-order valence-electron chi connectivity index (χ0n) is 10.8. The van der Waals surface area contributed by atoms with E-state index < -0.39 is 23.4 Å². The van der Waals surface area contributed by atoms with Gasteiger partial charge in [-0.1, -0.05) is 0 Å². The number of carbonyl (C=O) groups excluding carboxylic acids is 1. The van der Waals surface area contributed by atoms with E-state index in [0.29, 0.717) is 11.1 Å². The van der Waals surface area contributed by atoms with E-state index in [-0.39, 0.29) is 12.1 Å². The van der Waals surface area contributed by atoms with E-state index in [9.17, 15) is 18.0 Å². The minimum Gasteiger partial charge on any atom is -0.462 e. The normalized spacial score (nSPS) is 11.7. The minimum absolute atomic E-state index is 0.0104. The molecule has 0 aromatic carbocycles. The predicted octanol–water partition coefficient (Wildman–Crippen LogP) is 3.13. The fourth-order valence-corrected chi connectivity index (χ4v) is 1.82. The van der Waals surface area contributed by atoms with Crippen LogP contribution in [0.1, 0.15) is 28.7 Å². The van der Waals surface area contributed by atoms with Crippen molar-refractivity contribution in [3.8, 4) is 0 Å². The molecule has 2 rings (SSSR count). The van der Waals surface area contributed by atoms with Gasteiger partial charge in [0.2, 0.25) is 0 Å². The predicted molar refractivity (Wildman–Crippen MR) is 65.2 cm³/mol. The third-order valence-corrected chi connectivity index (χ3v) is 2.68. The molecule has 106 valence electrons. The number of carbonyl (C=O) groups is 1.